The number of ether oxygens (including phenoxy) is 1. The number of halogens is 2. The maximum absolute atomic E-state index is 6.09. The van der Waals surface area contributed by atoms with Crippen LogP contribution >= 0.6 is 35.6 Å². The van der Waals surface area contributed by atoms with Crippen molar-refractivity contribution < 1.29 is 9.15 Å². The summed E-state index contributed by atoms with van der Waals surface area (Å²) in [4.78, 5) is 11.5. The first-order valence-corrected chi connectivity index (χ1v) is 10.5. The van der Waals surface area contributed by atoms with Crippen LogP contribution in [0.2, 0.25) is 5.02 Å². The van der Waals surface area contributed by atoms with Crippen molar-refractivity contribution in [2.24, 2.45) is 4.99 Å². The Hall–Kier alpha value is -1.36. The summed E-state index contributed by atoms with van der Waals surface area (Å²) in [6.45, 7) is 11.1. The number of oxazole rings is 1. The Bertz CT molecular complexity index is 787. The Labute approximate surface area is 200 Å². The third-order valence-corrected chi connectivity index (χ3v) is 5.25. The van der Waals surface area contributed by atoms with Crippen LogP contribution in [-0.4, -0.2) is 55.2 Å². The van der Waals surface area contributed by atoms with Gasteiger partial charge in [-0.2, -0.15) is 0 Å². The van der Waals surface area contributed by atoms with Gasteiger partial charge in [0.05, 0.1) is 24.9 Å². The van der Waals surface area contributed by atoms with Crippen molar-refractivity contribution in [1.29, 1.82) is 0 Å². The molecule has 0 aliphatic carbocycles. The second-order valence-electron chi connectivity index (χ2n) is 7.04. The van der Waals surface area contributed by atoms with Crippen LogP contribution in [0.5, 0.6) is 0 Å². The predicted molar refractivity (Wildman–Crippen MR) is 131 cm³/mol. The first-order chi connectivity index (χ1) is 14.1. The Morgan fingerprint density at radius 3 is 2.50 bits per heavy atom. The van der Waals surface area contributed by atoms with Gasteiger partial charge >= 0.3 is 0 Å². The van der Waals surface area contributed by atoms with Crippen molar-refractivity contribution >= 4 is 41.5 Å². The van der Waals surface area contributed by atoms with Crippen LogP contribution in [0.25, 0.3) is 0 Å². The van der Waals surface area contributed by atoms with E-state index in [1.807, 2.05) is 26.0 Å². The molecule has 166 valence electrons. The van der Waals surface area contributed by atoms with Gasteiger partial charge in [-0.25, -0.2) is 9.98 Å². The van der Waals surface area contributed by atoms with E-state index in [1.54, 1.807) is 0 Å². The van der Waals surface area contributed by atoms with E-state index in [4.69, 9.17) is 20.8 Å². The van der Waals surface area contributed by atoms with E-state index >= 15 is 0 Å². The number of benzene rings is 1. The fourth-order valence-corrected chi connectivity index (χ4v) is 3.45. The molecule has 7 nitrogen and oxygen atoms in total. The highest BCUT2D eigenvalue weighted by Crippen LogP contribution is 2.23. The highest BCUT2D eigenvalue weighted by molar-refractivity contribution is 14.0. The van der Waals surface area contributed by atoms with Gasteiger partial charge in [0.25, 0.3) is 0 Å². The van der Waals surface area contributed by atoms with E-state index in [2.05, 4.69) is 44.6 Å². The summed E-state index contributed by atoms with van der Waals surface area (Å²) in [7, 11) is 0. The number of guanidine groups is 1. The molecule has 1 atom stereocenters. The number of aryl methyl sites for hydroxylation is 2. The van der Waals surface area contributed by atoms with Crippen molar-refractivity contribution in [2.45, 2.75) is 33.4 Å². The molecule has 1 aliphatic heterocycles. The molecule has 1 fully saturated rings. The Balaban J connectivity index is 0.00000320. The molecule has 3 rings (SSSR count). The van der Waals surface area contributed by atoms with E-state index in [0.717, 1.165) is 61.8 Å². The van der Waals surface area contributed by atoms with Gasteiger partial charge in [0.15, 0.2) is 5.96 Å². The summed E-state index contributed by atoms with van der Waals surface area (Å²) in [5, 5.41) is 7.52. The topological polar surface area (TPSA) is 74.9 Å². The zero-order chi connectivity index (χ0) is 20.6. The summed E-state index contributed by atoms with van der Waals surface area (Å²) in [6.07, 6.45) is 0. The molecule has 2 heterocycles. The number of hydrogen-bond acceptors (Lipinski definition) is 5. The van der Waals surface area contributed by atoms with Gasteiger partial charge < -0.3 is 19.8 Å². The molecule has 0 amide bonds. The third kappa shape index (κ3) is 7.11. The first kappa shape index (κ1) is 24.9. The smallest absolute Gasteiger partial charge is 0.216 e. The van der Waals surface area contributed by atoms with E-state index in [-0.39, 0.29) is 30.0 Å². The van der Waals surface area contributed by atoms with E-state index in [1.165, 1.54) is 5.56 Å². The monoisotopic (exact) mass is 547 g/mol. The number of nitrogens with zero attached hydrogens (tertiary/aromatic N) is 3. The van der Waals surface area contributed by atoms with Crippen LogP contribution in [0, 0.1) is 13.8 Å². The molecule has 0 saturated carbocycles. The molecular formula is C21H31ClIN5O2. The van der Waals surface area contributed by atoms with Crippen LogP contribution in [0.4, 0.5) is 0 Å². The standard InChI is InChI=1S/C21H30ClN5O2.HI/c1-4-23-21(25-14-20-26-15(2)16(3)29-20)24-13-19(27-9-11-28-12-10-27)17-5-7-18(22)8-6-17;/h5-8,19H,4,9-14H2,1-3H3,(H2,23,24,25);1H. The van der Waals surface area contributed by atoms with Crippen LogP contribution in [0.3, 0.4) is 0 Å². The van der Waals surface area contributed by atoms with Gasteiger partial charge in [-0.15, -0.1) is 24.0 Å². The summed E-state index contributed by atoms with van der Waals surface area (Å²) in [5.74, 6) is 2.20. The normalized spacial score (nSPS) is 16.1. The molecule has 2 aromatic rings. The summed E-state index contributed by atoms with van der Waals surface area (Å²) in [5.41, 5.74) is 2.13. The van der Waals surface area contributed by atoms with Crippen molar-refractivity contribution in [3.8, 4) is 0 Å². The van der Waals surface area contributed by atoms with Gasteiger partial charge in [-0.3, -0.25) is 4.90 Å². The quantitative estimate of drug-likeness (QED) is 0.313. The fraction of sp³-hybridized carbons (Fsp3) is 0.524. The number of nitrogens with one attached hydrogen (secondary N) is 2. The Kier molecular flexibility index (Phi) is 10.4. The average molecular weight is 548 g/mol. The maximum atomic E-state index is 6.09. The van der Waals surface area contributed by atoms with Crippen LogP contribution < -0.4 is 10.6 Å². The van der Waals surface area contributed by atoms with Crippen LogP contribution in [-0.2, 0) is 11.3 Å². The third-order valence-electron chi connectivity index (χ3n) is 4.99. The highest BCUT2D eigenvalue weighted by atomic mass is 127. The number of aromatic nitrogens is 1. The fourth-order valence-electron chi connectivity index (χ4n) is 3.32. The molecule has 1 saturated heterocycles. The highest BCUT2D eigenvalue weighted by Gasteiger charge is 2.23. The number of morpholine rings is 1. The number of hydrogen-bond donors (Lipinski definition) is 2. The van der Waals surface area contributed by atoms with Gasteiger partial charge in [-0.05, 0) is 38.5 Å². The van der Waals surface area contributed by atoms with Gasteiger partial charge in [-0.1, -0.05) is 23.7 Å². The lowest BCUT2D eigenvalue weighted by Gasteiger charge is -2.35. The second kappa shape index (κ2) is 12.5. The van der Waals surface area contributed by atoms with Crippen molar-refractivity contribution in [3.63, 3.8) is 0 Å². The van der Waals surface area contributed by atoms with E-state index < -0.39 is 0 Å². The lowest BCUT2D eigenvalue weighted by atomic mass is 10.0. The lowest BCUT2D eigenvalue weighted by molar-refractivity contribution is 0.0170. The lowest BCUT2D eigenvalue weighted by Crippen LogP contribution is -2.46. The Morgan fingerprint density at radius 1 is 1.20 bits per heavy atom. The molecule has 1 aromatic heterocycles. The van der Waals surface area contributed by atoms with Gasteiger partial charge in [0, 0.05) is 31.2 Å². The minimum atomic E-state index is 0. The van der Waals surface area contributed by atoms with Gasteiger partial charge in [0.1, 0.15) is 12.3 Å². The zero-order valence-electron chi connectivity index (χ0n) is 17.8. The number of aliphatic imine (C=N–C) groups is 1. The predicted octanol–water partition coefficient (Wildman–Crippen LogP) is 3.69. The summed E-state index contributed by atoms with van der Waals surface area (Å²) < 4.78 is 11.2. The largest absolute Gasteiger partial charge is 0.444 e. The van der Waals surface area contributed by atoms with Crippen molar-refractivity contribution in [3.05, 3.63) is 52.2 Å². The minimum absolute atomic E-state index is 0. The molecule has 0 bridgehead atoms. The molecule has 30 heavy (non-hydrogen) atoms. The minimum Gasteiger partial charge on any atom is -0.444 e. The summed E-state index contributed by atoms with van der Waals surface area (Å²) >= 11 is 6.09. The van der Waals surface area contributed by atoms with E-state index in [9.17, 15) is 0 Å². The molecule has 9 heteroatoms. The average Bonchev–Trinajstić information content (AvgIpc) is 3.05. The molecular weight excluding hydrogens is 517 g/mol. The van der Waals surface area contributed by atoms with Gasteiger partial charge in [0.2, 0.25) is 5.89 Å². The second-order valence-corrected chi connectivity index (χ2v) is 7.48. The zero-order valence-corrected chi connectivity index (χ0v) is 20.9. The molecule has 0 spiro atoms. The molecule has 2 N–H and O–H groups in total. The maximum Gasteiger partial charge on any atom is 0.216 e. The number of rotatable bonds is 7. The molecule has 1 unspecified atom stereocenters. The Morgan fingerprint density at radius 2 is 1.90 bits per heavy atom. The molecule has 1 aliphatic rings. The van der Waals surface area contributed by atoms with Crippen molar-refractivity contribution in [2.75, 3.05) is 39.4 Å². The first-order valence-electron chi connectivity index (χ1n) is 10.1. The SMILES string of the molecule is CCNC(=NCc1nc(C)c(C)o1)NCC(c1ccc(Cl)cc1)N1CCOCC1.I. The molecule has 0 radical (unpaired) electrons. The summed E-state index contributed by atoms with van der Waals surface area (Å²) in [6, 6.07) is 8.26. The van der Waals surface area contributed by atoms with Crippen LogP contribution in [0.1, 0.15) is 35.9 Å². The van der Waals surface area contributed by atoms with Crippen molar-refractivity contribution in [1.82, 2.24) is 20.5 Å². The van der Waals surface area contributed by atoms with Crippen LogP contribution in [0.15, 0.2) is 33.7 Å². The molecule has 1 aromatic carbocycles. The van der Waals surface area contributed by atoms with E-state index in [0.29, 0.717) is 12.4 Å².